The number of rotatable bonds is 2. The molecule has 1 aromatic heterocycles. The highest BCUT2D eigenvalue weighted by Gasteiger charge is 2.10. The standard InChI is InChI=1S/C13H9ClN4/c1-9-2-3-10(4-11(9)14)7-18-8-17-12(5-15)13(18)6-16/h2-4,8H,7H2,1H3. The van der Waals surface area contributed by atoms with Crippen LogP contribution in [0.3, 0.4) is 0 Å². The topological polar surface area (TPSA) is 65.4 Å². The number of hydrogen-bond donors (Lipinski definition) is 0. The molecule has 0 spiro atoms. The van der Waals surface area contributed by atoms with Crippen LogP contribution in [0.15, 0.2) is 24.5 Å². The van der Waals surface area contributed by atoms with E-state index in [4.69, 9.17) is 22.1 Å². The predicted molar refractivity (Wildman–Crippen MR) is 66.9 cm³/mol. The third kappa shape index (κ3) is 2.20. The summed E-state index contributed by atoms with van der Waals surface area (Å²) in [5.41, 5.74) is 2.39. The van der Waals surface area contributed by atoms with Gasteiger partial charge in [0.2, 0.25) is 0 Å². The molecule has 0 bridgehead atoms. The zero-order valence-electron chi connectivity index (χ0n) is 9.68. The second kappa shape index (κ2) is 4.91. The highest BCUT2D eigenvalue weighted by molar-refractivity contribution is 6.31. The molecule has 2 rings (SSSR count). The molecule has 0 unspecified atom stereocenters. The Morgan fingerprint density at radius 1 is 1.33 bits per heavy atom. The molecule has 4 nitrogen and oxygen atoms in total. The molecule has 0 atom stereocenters. The maximum atomic E-state index is 9.01. The largest absolute Gasteiger partial charge is 0.317 e. The van der Waals surface area contributed by atoms with Gasteiger partial charge >= 0.3 is 0 Å². The van der Waals surface area contributed by atoms with Gasteiger partial charge in [0.1, 0.15) is 12.1 Å². The number of hydrogen-bond acceptors (Lipinski definition) is 3. The second-order valence-electron chi connectivity index (χ2n) is 3.88. The van der Waals surface area contributed by atoms with E-state index in [0.29, 0.717) is 11.6 Å². The molecule has 0 aliphatic carbocycles. The van der Waals surface area contributed by atoms with Crippen molar-refractivity contribution in [2.24, 2.45) is 0 Å². The van der Waals surface area contributed by atoms with Crippen LogP contribution < -0.4 is 0 Å². The van der Waals surface area contributed by atoms with Crippen LogP contribution in [0.4, 0.5) is 0 Å². The lowest BCUT2D eigenvalue weighted by atomic mass is 10.1. The fourth-order valence-corrected chi connectivity index (χ4v) is 1.84. The number of imidazole rings is 1. The summed E-state index contributed by atoms with van der Waals surface area (Å²) in [5.74, 6) is 0. The quantitative estimate of drug-likeness (QED) is 0.830. The molecule has 0 N–H and O–H groups in total. The highest BCUT2D eigenvalue weighted by atomic mass is 35.5. The van der Waals surface area contributed by atoms with Gasteiger partial charge in [-0.2, -0.15) is 10.5 Å². The Morgan fingerprint density at radius 2 is 2.11 bits per heavy atom. The fraction of sp³-hybridized carbons (Fsp3) is 0.154. The van der Waals surface area contributed by atoms with Crippen LogP contribution in [0.5, 0.6) is 0 Å². The summed E-state index contributed by atoms with van der Waals surface area (Å²) >= 11 is 6.04. The minimum atomic E-state index is 0.149. The van der Waals surface area contributed by atoms with Crippen LogP contribution in [0.1, 0.15) is 22.5 Å². The summed E-state index contributed by atoms with van der Waals surface area (Å²) in [6, 6.07) is 9.59. The summed E-state index contributed by atoms with van der Waals surface area (Å²) in [4.78, 5) is 3.89. The van der Waals surface area contributed by atoms with Crippen LogP contribution in [0.25, 0.3) is 0 Å². The monoisotopic (exact) mass is 256 g/mol. The third-order valence-corrected chi connectivity index (χ3v) is 3.05. The van der Waals surface area contributed by atoms with Gasteiger partial charge in [-0.15, -0.1) is 0 Å². The van der Waals surface area contributed by atoms with Gasteiger partial charge in [-0.25, -0.2) is 4.98 Å². The second-order valence-corrected chi connectivity index (χ2v) is 4.28. The SMILES string of the molecule is Cc1ccc(Cn2cnc(C#N)c2C#N)cc1Cl. The number of nitrogens with zero attached hydrogens (tertiary/aromatic N) is 4. The Kier molecular flexibility index (Phi) is 3.32. The first-order valence-corrected chi connectivity index (χ1v) is 5.64. The van der Waals surface area contributed by atoms with Gasteiger partial charge < -0.3 is 4.57 Å². The Morgan fingerprint density at radius 3 is 2.72 bits per heavy atom. The van der Waals surface area contributed by atoms with E-state index >= 15 is 0 Å². The number of halogens is 1. The zero-order valence-corrected chi connectivity index (χ0v) is 10.4. The lowest BCUT2D eigenvalue weighted by Gasteiger charge is -2.06. The average molecular weight is 257 g/mol. The van der Waals surface area contributed by atoms with E-state index in [2.05, 4.69) is 4.98 Å². The lowest BCUT2D eigenvalue weighted by Crippen LogP contribution is -2.01. The van der Waals surface area contributed by atoms with Crippen molar-refractivity contribution in [2.75, 3.05) is 0 Å². The zero-order chi connectivity index (χ0) is 13.1. The van der Waals surface area contributed by atoms with Gasteiger partial charge in [0.15, 0.2) is 11.4 Å². The molecule has 0 radical (unpaired) electrons. The van der Waals surface area contributed by atoms with Gasteiger partial charge in [-0.05, 0) is 24.1 Å². The summed E-state index contributed by atoms with van der Waals surface area (Å²) in [7, 11) is 0. The average Bonchev–Trinajstić information content (AvgIpc) is 2.75. The molecule has 88 valence electrons. The molecular weight excluding hydrogens is 248 g/mol. The van der Waals surface area contributed by atoms with E-state index in [1.807, 2.05) is 37.3 Å². The molecule has 0 aliphatic rings. The Labute approximate surface area is 110 Å². The number of benzene rings is 1. The maximum absolute atomic E-state index is 9.01. The van der Waals surface area contributed by atoms with Crippen molar-refractivity contribution in [3.63, 3.8) is 0 Å². The van der Waals surface area contributed by atoms with Crippen molar-refractivity contribution in [3.05, 3.63) is 52.1 Å². The highest BCUT2D eigenvalue weighted by Crippen LogP contribution is 2.18. The van der Waals surface area contributed by atoms with Crippen molar-refractivity contribution in [1.29, 1.82) is 10.5 Å². The van der Waals surface area contributed by atoms with Crippen LogP contribution in [0, 0.1) is 29.6 Å². The van der Waals surface area contributed by atoms with Crippen molar-refractivity contribution in [1.82, 2.24) is 9.55 Å². The normalized spacial score (nSPS) is 9.78. The van der Waals surface area contributed by atoms with Crippen LogP contribution in [-0.4, -0.2) is 9.55 Å². The van der Waals surface area contributed by atoms with Crippen LogP contribution in [0.2, 0.25) is 5.02 Å². The smallest absolute Gasteiger partial charge is 0.176 e. The van der Waals surface area contributed by atoms with E-state index in [0.717, 1.165) is 11.1 Å². The Hall–Kier alpha value is -2.30. The molecule has 0 saturated heterocycles. The predicted octanol–water partition coefficient (Wildman–Crippen LogP) is 2.64. The summed E-state index contributed by atoms with van der Waals surface area (Å²) < 4.78 is 1.64. The molecular formula is C13H9ClN4. The first kappa shape index (κ1) is 12.2. The molecule has 0 fully saturated rings. The van der Waals surface area contributed by atoms with Crippen molar-refractivity contribution in [2.45, 2.75) is 13.5 Å². The number of nitriles is 2. The van der Waals surface area contributed by atoms with Crippen LogP contribution in [-0.2, 0) is 6.54 Å². The molecule has 2 aromatic rings. The minimum Gasteiger partial charge on any atom is -0.317 e. The fourth-order valence-electron chi connectivity index (χ4n) is 1.63. The lowest BCUT2D eigenvalue weighted by molar-refractivity contribution is 0.785. The van der Waals surface area contributed by atoms with Gasteiger partial charge in [-0.1, -0.05) is 23.7 Å². The summed E-state index contributed by atoms with van der Waals surface area (Å²) in [6.45, 7) is 2.40. The van der Waals surface area contributed by atoms with Gasteiger partial charge in [0, 0.05) is 11.6 Å². The van der Waals surface area contributed by atoms with E-state index in [9.17, 15) is 0 Å². The number of aryl methyl sites for hydroxylation is 1. The van der Waals surface area contributed by atoms with E-state index in [1.165, 1.54) is 6.33 Å². The summed E-state index contributed by atoms with van der Waals surface area (Å²) in [6.07, 6.45) is 1.49. The van der Waals surface area contributed by atoms with E-state index in [1.54, 1.807) is 4.57 Å². The first-order valence-electron chi connectivity index (χ1n) is 5.26. The summed E-state index contributed by atoms with van der Waals surface area (Å²) in [5, 5.41) is 18.5. The Balaban J connectivity index is 2.35. The van der Waals surface area contributed by atoms with Crippen molar-refractivity contribution < 1.29 is 0 Å². The minimum absolute atomic E-state index is 0.149. The number of aromatic nitrogens is 2. The van der Waals surface area contributed by atoms with Gasteiger partial charge in [0.05, 0.1) is 6.33 Å². The first-order chi connectivity index (χ1) is 8.65. The van der Waals surface area contributed by atoms with Gasteiger partial charge in [-0.3, -0.25) is 0 Å². The van der Waals surface area contributed by atoms with E-state index in [-0.39, 0.29) is 11.4 Å². The maximum Gasteiger partial charge on any atom is 0.176 e. The molecule has 1 heterocycles. The third-order valence-electron chi connectivity index (χ3n) is 2.64. The van der Waals surface area contributed by atoms with Crippen LogP contribution >= 0.6 is 11.6 Å². The van der Waals surface area contributed by atoms with Crippen molar-refractivity contribution >= 4 is 11.6 Å². The van der Waals surface area contributed by atoms with Crippen molar-refractivity contribution in [3.8, 4) is 12.1 Å². The molecule has 0 aliphatic heterocycles. The molecule has 1 aromatic carbocycles. The Bertz CT molecular complexity index is 673. The molecule has 0 saturated carbocycles. The van der Waals surface area contributed by atoms with E-state index < -0.39 is 0 Å². The molecule has 18 heavy (non-hydrogen) atoms. The molecule has 5 heteroatoms. The van der Waals surface area contributed by atoms with Gasteiger partial charge in [0.25, 0.3) is 0 Å². The molecule has 0 amide bonds.